The van der Waals surface area contributed by atoms with Crippen LogP contribution >= 0.6 is 0 Å². The molecule has 1 aromatic heterocycles. The number of aromatic nitrogens is 1. The van der Waals surface area contributed by atoms with E-state index in [9.17, 15) is 9.18 Å². The van der Waals surface area contributed by atoms with Gasteiger partial charge in [-0.2, -0.15) is 0 Å². The first-order chi connectivity index (χ1) is 16.1. The summed E-state index contributed by atoms with van der Waals surface area (Å²) in [5, 5.41) is 0. The molecule has 0 bridgehead atoms. The maximum atomic E-state index is 13.6. The highest BCUT2D eigenvalue weighted by atomic mass is 19.1. The van der Waals surface area contributed by atoms with E-state index < -0.39 is 0 Å². The van der Waals surface area contributed by atoms with Gasteiger partial charge < -0.3 is 9.64 Å². The Labute approximate surface area is 193 Å². The van der Waals surface area contributed by atoms with Crippen LogP contribution in [-0.2, 0) is 6.54 Å². The van der Waals surface area contributed by atoms with Crippen LogP contribution in [0.5, 0.6) is 5.75 Å². The zero-order valence-electron chi connectivity index (χ0n) is 18.7. The number of piperidine rings is 1. The average Bonchev–Trinajstić information content (AvgIpc) is 3.24. The first kappa shape index (κ1) is 21.6. The van der Waals surface area contributed by atoms with E-state index in [4.69, 9.17) is 4.74 Å². The lowest BCUT2D eigenvalue weighted by molar-refractivity contribution is 0.0613. The predicted octanol–water partition coefficient (Wildman–Crippen LogP) is 4.36. The van der Waals surface area contributed by atoms with Gasteiger partial charge in [-0.25, -0.2) is 4.39 Å². The molecule has 2 aliphatic heterocycles. The minimum Gasteiger partial charge on any atom is -0.496 e. The number of carbonyl (C=O) groups is 1. The van der Waals surface area contributed by atoms with Crippen LogP contribution in [0.15, 0.2) is 73.1 Å². The Hall–Kier alpha value is -3.25. The lowest BCUT2D eigenvalue weighted by Gasteiger charge is -2.39. The Kier molecular flexibility index (Phi) is 6.09. The number of ether oxygens (including phenoxy) is 1. The van der Waals surface area contributed by atoms with Gasteiger partial charge in [-0.15, -0.1) is 0 Å². The Bertz CT molecular complexity index is 1110. The molecule has 0 spiro atoms. The van der Waals surface area contributed by atoms with Crippen molar-refractivity contribution in [1.29, 1.82) is 0 Å². The molecule has 6 heteroatoms. The molecule has 1 amide bonds. The molecule has 2 aliphatic rings. The lowest BCUT2D eigenvalue weighted by Crippen LogP contribution is -2.47. The second-order valence-corrected chi connectivity index (χ2v) is 8.92. The Morgan fingerprint density at radius 1 is 1.09 bits per heavy atom. The highest BCUT2D eigenvalue weighted by Crippen LogP contribution is 2.42. The van der Waals surface area contributed by atoms with E-state index in [1.165, 1.54) is 12.1 Å². The van der Waals surface area contributed by atoms with E-state index >= 15 is 0 Å². The average molecular weight is 446 g/mol. The van der Waals surface area contributed by atoms with Crippen molar-refractivity contribution in [3.8, 4) is 5.75 Å². The van der Waals surface area contributed by atoms with Gasteiger partial charge in [0.05, 0.1) is 12.7 Å². The number of methoxy groups -OCH3 is 1. The van der Waals surface area contributed by atoms with Gasteiger partial charge in [0.25, 0.3) is 5.91 Å². The second-order valence-electron chi connectivity index (χ2n) is 8.92. The quantitative estimate of drug-likeness (QED) is 0.586. The van der Waals surface area contributed by atoms with Gasteiger partial charge in [0.15, 0.2) is 0 Å². The molecule has 0 aliphatic carbocycles. The van der Waals surface area contributed by atoms with Gasteiger partial charge in [-0.05, 0) is 42.3 Å². The number of carbonyl (C=O) groups excluding carboxylic acids is 1. The number of fused-ring (bicyclic) bond motifs is 1. The van der Waals surface area contributed by atoms with Crippen molar-refractivity contribution in [3.05, 3.63) is 95.6 Å². The van der Waals surface area contributed by atoms with Crippen molar-refractivity contribution in [2.45, 2.75) is 24.9 Å². The Balaban J connectivity index is 1.41. The van der Waals surface area contributed by atoms with Crippen LogP contribution in [0.2, 0.25) is 0 Å². The standard InChI is InChI=1S/C27H28FN3O2/c1-33-26-7-3-2-5-21(26)16-30-14-12-25-24(17-30)23(19-8-10-22(28)11-9-19)18-31(25)27(32)20-6-4-13-29-15-20/h2-11,13,15,23-25H,12,14,16-18H2,1H3/t23-,24-,25-/m0/s1. The highest BCUT2D eigenvalue weighted by molar-refractivity contribution is 5.94. The fourth-order valence-corrected chi connectivity index (χ4v) is 5.47. The van der Waals surface area contributed by atoms with Crippen LogP contribution in [0.25, 0.3) is 0 Å². The fraction of sp³-hybridized carbons (Fsp3) is 0.333. The van der Waals surface area contributed by atoms with E-state index in [0.29, 0.717) is 12.1 Å². The molecule has 0 radical (unpaired) electrons. The van der Waals surface area contributed by atoms with Crippen LogP contribution in [0, 0.1) is 11.7 Å². The third-order valence-electron chi connectivity index (χ3n) is 7.07. The minimum atomic E-state index is -0.238. The molecular formula is C27H28FN3O2. The number of rotatable bonds is 5. The van der Waals surface area contributed by atoms with Gasteiger partial charge in [-0.3, -0.25) is 14.7 Å². The number of nitrogens with zero attached hydrogens (tertiary/aromatic N) is 3. The zero-order valence-corrected chi connectivity index (χ0v) is 18.7. The monoisotopic (exact) mass is 445 g/mol. The summed E-state index contributed by atoms with van der Waals surface area (Å²) in [6.07, 6.45) is 4.23. The van der Waals surface area contributed by atoms with Crippen molar-refractivity contribution in [1.82, 2.24) is 14.8 Å². The summed E-state index contributed by atoms with van der Waals surface area (Å²) in [4.78, 5) is 22.0. The lowest BCUT2D eigenvalue weighted by atomic mass is 9.81. The molecule has 3 atom stereocenters. The van der Waals surface area contributed by atoms with Crippen LogP contribution in [0.4, 0.5) is 4.39 Å². The number of para-hydroxylation sites is 1. The summed E-state index contributed by atoms with van der Waals surface area (Å²) in [6, 6.07) is 18.7. The summed E-state index contributed by atoms with van der Waals surface area (Å²) in [7, 11) is 1.70. The first-order valence-corrected chi connectivity index (χ1v) is 11.4. The minimum absolute atomic E-state index is 0.0286. The van der Waals surface area contributed by atoms with Gasteiger partial charge in [0.2, 0.25) is 0 Å². The van der Waals surface area contributed by atoms with Crippen molar-refractivity contribution >= 4 is 5.91 Å². The SMILES string of the molecule is COc1ccccc1CN1CC[C@H]2[C@@H](C1)[C@H](c1ccc(F)cc1)CN2C(=O)c1cccnc1. The van der Waals surface area contributed by atoms with Crippen LogP contribution in [-0.4, -0.2) is 53.5 Å². The molecule has 0 N–H and O–H groups in total. The Morgan fingerprint density at radius 2 is 1.91 bits per heavy atom. The van der Waals surface area contributed by atoms with E-state index in [0.717, 1.165) is 42.9 Å². The van der Waals surface area contributed by atoms with Gasteiger partial charge >= 0.3 is 0 Å². The topological polar surface area (TPSA) is 45.7 Å². The van der Waals surface area contributed by atoms with Gasteiger partial charge in [-0.1, -0.05) is 30.3 Å². The number of hydrogen-bond acceptors (Lipinski definition) is 4. The largest absolute Gasteiger partial charge is 0.496 e. The van der Waals surface area contributed by atoms with E-state index in [2.05, 4.69) is 16.0 Å². The Morgan fingerprint density at radius 3 is 2.67 bits per heavy atom. The molecule has 2 fully saturated rings. The maximum absolute atomic E-state index is 13.6. The van der Waals surface area contributed by atoms with Crippen molar-refractivity contribution in [2.24, 2.45) is 5.92 Å². The maximum Gasteiger partial charge on any atom is 0.255 e. The van der Waals surface area contributed by atoms with Crippen molar-refractivity contribution < 1.29 is 13.9 Å². The summed E-state index contributed by atoms with van der Waals surface area (Å²) < 4.78 is 19.2. The zero-order chi connectivity index (χ0) is 22.8. The van der Waals surface area contributed by atoms with E-state index in [1.54, 1.807) is 25.6 Å². The molecule has 5 rings (SSSR count). The number of likely N-dealkylation sites (tertiary alicyclic amines) is 2. The number of benzene rings is 2. The number of hydrogen-bond donors (Lipinski definition) is 0. The predicted molar refractivity (Wildman–Crippen MR) is 125 cm³/mol. The normalized spacial score (nSPS) is 22.7. The molecule has 0 saturated carbocycles. The van der Waals surface area contributed by atoms with E-state index in [-0.39, 0.29) is 29.6 Å². The molecule has 2 aromatic carbocycles. The molecule has 33 heavy (non-hydrogen) atoms. The first-order valence-electron chi connectivity index (χ1n) is 11.4. The number of halogens is 1. The second kappa shape index (κ2) is 9.32. The third kappa shape index (κ3) is 4.35. The summed E-state index contributed by atoms with van der Waals surface area (Å²) in [5.41, 5.74) is 2.87. The molecule has 2 saturated heterocycles. The molecule has 0 unspecified atom stereocenters. The van der Waals surface area contributed by atoms with Crippen LogP contribution in [0.1, 0.15) is 33.8 Å². The van der Waals surface area contributed by atoms with Gasteiger partial charge in [0.1, 0.15) is 11.6 Å². The molecule has 3 heterocycles. The fourth-order valence-electron chi connectivity index (χ4n) is 5.47. The molecule has 3 aromatic rings. The molecule has 5 nitrogen and oxygen atoms in total. The highest BCUT2D eigenvalue weighted by Gasteiger charge is 2.47. The third-order valence-corrected chi connectivity index (χ3v) is 7.07. The smallest absolute Gasteiger partial charge is 0.255 e. The number of pyridine rings is 1. The van der Waals surface area contributed by atoms with E-state index in [1.807, 2.05) is 41.3 Å². The van der Waals surface area contributed by atoms with Crippen molar-refractivity contribution in [2.75, 3.05) is 26.7 Å². The summed E-state index contributed by atoms with van der Waals surface area (Å²) in [6.45, 7) is 3.23. The van der Waals surface area contributed by atoms with Crippen LogP contribution < -0.4 is 4.74 Å². The molecule has 170 valence electrons. The summed E-state index contributed by atoms with van der Waals surface area (Å²) in [5.74, 6) is 1.13. The summed E-state index contributed by atoms with van der Waals surface area (Å²) >= 11 is 0. The molecular weight excluding hydrogens is 417 g/mol. The number of amides is 1. The van der Waals surface area contributed by atoms with Crippen LogP contribution in [0.3, 0.4) is 0 Å². The van der Waals surface area contributed by atoms with Gasteiger partial charge in [0, 0.05) is 62.0 Å². The van der Waals surface area contributed by atoms with Crippen molar-refractivity contribution in [3.63, 3.8) is 0 Å².